The van der Waals surface area contributed by atoms with Crippen LogP contribution in [0.1, 0.15) is 12.0 Å². The molecule has 0 N–H and O–H groups in total. The maximum absolute atomic E-state index is 5.44. The van der Waals surface area contributed by atoms with Gasteiger partial charge in [-0.3, -0.25) is 4.90 Å². The van der Waals surface area contributed by atoms with E-state index in [0.717, 1.165) is 62.9 Å². The third-order valence-electron chi connectivity index (χ3n) is 5.01. The molecule has 0 radical (unpaired) electrons. The average molecular weight is 371 g/mol. The van der Waals surface area contributed by atoms with E-state index in [-0.39, 0.29) is 0 Å². The zero-order chi connectivity index (χ0) is 19.1. The number of anilines is 1. The monoisotopic (exact) mass is 371 g/mol. The highest BCUT2D eigenvalue weighted by Crippen LogP contribution is 2.38. The molecule has 0 amide bonds. The smallest absolute Gasteiger partial charge is 0.203 e. The molecular formula is C21H29N3O3. The number of methoxy groups -OCH3 is 3. The molecule has 2 aromatic rings. The fraction of sp³-hybridized carbons (Fsp3) is 0.476. The molecule has 6 heteroatoms. The molecule has 0 spiro atoms. The van der Waals surface area contributed by atoms with Gasteiger partial charge in [0, 0.05) is 32.4 Å². The van der Waals surface area contributed by atoms with E-state index in [1.165, 1.54) is 5.56 Å². The maximum Gasteiger partial charge on any atom is 0.203 e. The van der Waals surface area contributed by atoms with Crippen LogP contribution in [0, 0.1) is 0 Å². The quantitative estimate of drug-likeness (QED) is 0.711. The lowest BCUT2D eigenvalue weighted by Gasteiger charge is -2.35. The van der Waals surface area contributed by atoms with Crippen LogP contribution in [0.2, 0.25) is 0 Å². The second-order valence-corrected chi connectivity index (χ2v) is 6.65. The van der Waals surface area contributed by atoms with E-state index in [9.17, 15) is 0 Å². The summed E-state index contributed by atoms with van der Waals surface area (Å²) in [6.45, 7) is 5.30. The number of nitrogens with zero attached hydrogens (tertiary/aromatic N) is 3. The summed E-state index contributed by atoms with van der Waals surface area (Å²) in [5, 5.41) is 0. The maximum atomic E-state index is 5.44. The molecule has 0 atom stereocenters. The van der Waals surface area contributed by atoms with E-state index in [1.54, 1.807) is 21.3 Å². The van der Waals surface area contributed by atoms with Gasteiger partial charge >= 0.3 is 0 Å². The van der Waals surface area contributed by atoms with Gasteiger partial charge < -0.3 is 19.1 Å². The number of ether oxygens (including phenoxy) is 3. The van der Waals surface area contributed by atoms with E-state index in [0.29, 0.717) is 5.75 Å². The lowest BCUT2D eigenvalue weighted by atomic mass is 10.1. The Morgan fingerprint density at radius 2 is 1.63 bits per heavy atom. The molecule has 2 heterocycles. The van der Waals surface area contributed by atoms with Gasteiger partial charge in [-0.1, -0.05) is 6.07 Å². The normalized spacial score (nSPS) is 14.9. The van der Waals surface area contributed by atoms with Gasteiger partial charge in [-0.2, -0.15) is 0 Å². The Labute approximate surface area is 161 Å². The standard InChI is InChI=1S/C21H29N3O3/c1-25-18-15-17(16-19(26-2)21(18)27-3)7-6-10-23-11-13-24(14-12-23)20-8-4-5-9-22-20/h4-5,8-9,15-16H,6-7,10-14H2,1-3H3. The third-order valence-corrected chi connectivity index (χ3v) is 5.01. The first-order valence-electron chi connectivity index (χ1n) is 9.42. The average Bonchev–Trinajstić information content (AvgIpc) is 2.74. The highest BCUT2D eigenvalue weighted by atomic mass is 16.5. The molecule has 0 bridgehead atoms. The van der Waals surface area contributed by atoms with Crippen molar-refractivity contribution in [3.8, 4) is 17.2 Å². The highest BCUT2D eigenvalue weighted by Gasteiger charge is 2.18. The van der Waals surface area contributed by atoms with Crippen LogP contribution in [0.4, 0.5) is 5.82 Å². The Balaban J connectivity index is 1.49. The van der Waals surface area contributed by atoms with E-state index >= 15 is 0 Å². The van der Waals surface area contributed by atoms with Gasteiger partial charge in [0.25, 0.3) is 0 Å². The summed E-state index contributed by atoms with van der Waals surface area (Å²) < 4.78 is 16.3. The molecule has 1 fully saturated rings. The Hall–Kier alpha value is -2.47. The summed E-state index contributed by atoms with van der Waals surface area (Å²) in [4.78, 5) is 9.33. The summed E-state index contributed by atoms with van der Waals surface area (Å²) in [6, 6.07) is 10.2. The number of piperazine rings is 1. The summed E-state index contributed by atoms with van der Waals surface area (Å²) in [5.74, 6) is 3.16. The molecule has 6 nitrogen and oxygen atoms in total. The molecule has 146 valence electrons. The van der Waals surface area contributed by atoms with Gasteiger partial charge in [0.1, 0.15) is 5.82 Å². The molecule has 1 aliphatic heterocycles. The first-order chi connectivity index (χ1) is 13.2. The first kappa shape index (κ1) is 19.3. The Kier molecular flexibility index (Phi) is 6.76. The lowest BCUT2D eigenvalue weighted by Crippen LogP contribution is -2.46. The first-order valence-corrected chi connectivity index (χ1v) is 9.42. The van der Waals surface area contributed by atoms with Gasteiger partial charge in [-0.15, -0.1) is 0 Å². The van der Waals surface area contributed by atoms with Crippen LogP contribution >= 0.6 is 0 Å². The fourth-order valence-corrected chi connectivity index (χ4v) is 3.53. The number of hydrogen-bond acceptors (Lipinski definition) is 6. The molecule has 1 aromatic heterocycles. The number of hydrogen-bond donors (Lipinski definition) is 0. The van der Waals surface area contributed by atoms with Gasteiger partial charge in [-0.25, -0.2) is 4.98 Å². The molecule has 27 heavy (non-hydrogen) atoms. The van der Waals surface area contributed by atoms with E-state index in [1.807, 2.05) is 30.5 Å². The molecule has 0 unspecified atom stereocenters. The van der Waals surface area contributed by atoms with Crippen molar-refractivity contribution in [1.29, 1.82) is 0 Å². The summed E-state index contributed by atoms with van der Waals surface area (Å²) in [7, 11) is 4.94. The zero-order valence-electron chi connectivity index (χ0n) is 16.5. The van der Waals surface area contributed by atoms with Crippen molar-refractivity contribution in [2.45, 2.75) is 12.8 Å². The van der Waals surface area contributed by atoms with E-state index in [2.05, 4.69) is 20.9 Å². The van der Waals surface area contributed by atoms with Crippen molar-refractivity contribution in [2.75, 3.05) is 59.0 Å². The topological polar surface area (TPSA) is 47.1 Å². The number of benzene rings is 1. The number of aromatic nitrogens is 1. The van der Waals surface area contributed by atoms with Gasteiger partial charge in [0.2, 0.25) is 5.75 Å². The second kappa shape index (κ2) is 9.46. The van der Waals surface area contributed by atoms with Crippen LogP contribution < -0.4 is 19.1 Å². The summed E-state index contributed by atoms with van der Waals surface area (Å²) >= 11 is 0. The molecule has 0 saturated carbocycles. The lowest BCUT2D eigenvalue weighted by molar-refractivity contribution is 0.254. The van der Waals surface area contributed by atoms with Crippen LogP contribution in [0.15, 0.2) is 36.5 Å². The van der Waals surface area contributed by atoms with Crippen molar-refractivity contribution in [3.05, 3.63) is 42.1 Å². The Bertz CT molecular complexity index is 691. The number of pyridine rings is 1. The number of aryl methyl sites for hydroxylation is 1. The van der Waals surface area contributed by atoms with E-state index < -0.39 is 0 Å². The molecule has 1 aromatic carbocycles. The van der Waals surface area contributed by atoms with Crippen molar-refractivity contribution in [1.82, 2.24) is 9.88 Å². The molecule has 1 aliphatic rings. The highest BCUT2D eigenvalue weighted by molar-refractivity contribution is 5.53. The van der Waals surface area contributed by atoms with Crippen molar-refractivity contribution >= 4 is 5.82 Å². The van der Waals surface area contributed by atoms with Crippen molar-refractivity contribution in [3.63, 3.8) is 0 Å². The minimum atomic E-state index is 0.648. The van der Waals surface area contributed by atoms with Crippen LogP contribution in [-0.4, -0.2) is 63.9 Å². The largest absolute Gasteiger partial charge is 0.493 e. The van der Waals surface area contributed by atoms with Crippen molar-refractivity contribution < 1.29 is 14.2 Å². The SMILES string of the molecule is COc1cc(CCCN2CCN(c3ccccn3)CC2)cc(OC)c1OC. The van der Waals surface area contributed by atoms with Crippen LogP contribution in [0.25, 0.3) is 0 Å². The van der Waals surface area contributed by atoms with Gasteiger partial charge in [-0.05, 0) is 49.2 Å². The number of rotatable bonds is 8. The van der Waals surface area contributed by atoms with Gasteiger partial charge in [0.05, 0.1) is 21.3 Å². The van der Waals surface area contributed by atoms with Crippen LogP contribution in [0.5, 0.6) is 17.2 Å². The van der Waals surface area contributed by atoms with Crippen LogP contribution in [0.3, 0.4) is 0 Å². The Morgan fingerprint density at radius 1 is 0.926 bits per heavy atom. The summed E-state index contributed by atoms with van der Waals surface area (Å²) in [6.07, 6.45) is 3.94. The minimum absolute atomic E-state index is 0.648. The van der Waals surface area contributed by atoms with Crippen LogP contribution in [-0.2, 0) is 6.42 Å². The third kappa shape index (κ3) is 4.83. The van der Waals surface area contributed by atoms with Crippen molar-refractivity contribution in [2.24, 2.45) is 0 Å². The predicted molar refractivity (Wildman–Crippen MR) is 107 cm³/mol. The summed E-state index contributed by atoms with van der Waals surface area (Å²) in [5.41, 5.74) is 1.21. The van der Waals surface area contributed by atoms with E-state index in [4.69, 9.17) is 14.2 Å². The minimum Gasteiger partial charge on any atom is -0.493 e. The molecular weight excluding hydrogens is 342 g/mol. The zero-order valence-corrected chi connectivity index (χ0v) is 16.5. The molecule has 3 rings (SSSR count). The van der Waals surface area contributed by atoms with Gasteiger partial charge in [0.15, 0.2) is 11.5 Å². The fourth-order valence-electron chi connectivity index (χ4n) is 3.53. The Morgan fingerprint density at radius 3 is 2.19 bits per heavy atom. The predicted octanol–water partition coefficient (Wildman–Crippen LogP) is 2.86. The second-order valence-electron chi connectivity index (χ2n) is 6.65. The molecule has 0 aliphatic carbocycles. The molecule has 1 saturated heterocycles.